The normalized spacial score (nSPS) is 11.2. The standard InChI is InChI=1S/C19H16F3N3O4S/c1-28-12-4-5-15(29-2)13(7-12)14-10-30-18(23-14)24-16(26)9-25-8-11(19(20,21)22)3-6-17(25)27/h3-8,10H,9H2,1-2H3,(H,23,24,26). The van der Waals surface area contributed by atoms with Crippen molar-refractivity contribution in [2.75, 3.05) is 19.5 Å². The number of methoxy groups -OCH3 is 2. The fourth-order valence-corrected chi connectivity index (χ4v) is 3.33. The van der Waals surface area contributed by atoms with E-state index >= 15 is 0 Å². The molecule has 0 unspecified atom stereocenters. The molecule has 1 N–H and O–H groups in total. The third-order valence-corrected chi connectivity index (χ3v) is 4.82. The first kappa shape index (κ1) is 21.4. The largest absolute Gasteiger partial charge is 0.497 e. The van der Waals surface area contributed by atoms with Crippen LogP contribution in [0.4, 0.5) is 18.3 Å². The van der Waals surface area contributed by atoms with Crippen LogP contribution in [0, 0.1) is 0 Å². The van der Waals surface area contributed by atoms with E-state index in [9.17, 15) is 22.8 Å². The van der Waals surface area contributed by atoms with Crippen LogP contribution in [0.15, 0.2) is 46.7 Å². The third kappa shape index (κ3) is 4.79. The lowest BCUT2D eigenvalue weighted by molar-refractivity contribution is -0.138. The molecule has 11 heteroatoms. The molecule has 2 heterocycles. The molecule has 0 bridgehead atoms. The number of hydrogen-bond donors (Lipinski definition) is 1. The number of hydrogen-bond acceptors (Lipinski definition) is 6. The highest BCUT2D eigenvalue weighted by Gasteiger charge is 2.31. The topological polar surface area (TPSA) is 82.5 Å². The second-order valence-corrected chi connectivity index (χ2v) is 6.89. The Hall–Kier alpha value is -3.34. The van der Waals surface area contributed by atoms with Gasteiger partial charge in [0, 0.05) is 23.2 Å². The number of nitrogens with zero attached hydrogens (tertiary/aromatic N) is 2. The molecular weight excluding hydrogens is 423 g/mol. The number of amides is 1. The molecule has 0 atom stereocenters. The van der Waals surface area contributed by atoms with E-state index < -0.39 is 29.8 Å². The molecule has 0 aliphatic heterocycles. The number of carbonyl (C=O) groups excluding carboxylic acids is 1. The van der Waals surface area contributed by atoms with Crippen molar-refractivity contribution in [2.45, 2.75) is 12.7 Å². The van der Waals surface area contributed by atoms with Gasteiger partial charge in [0.05, 0.1) is 25.5 Å². The van der Waals surface area contributed by atoms with Gasteiger partial charge in [-0.2, -0.15) is 13.2 Å². The molecular formula is C19H16F3N3O4S. The number of benzene rings is 1. The van der Waals surface area contributed by atoms with Gasteiger partial charge in [0.1, 0.15) is 18.0 Å². The Morgan fingerprint density at radius 1 is 1.20 bits per heavy atom. The number of ether oxygens (including phenoxy) is 2. The van der Waals surface area contributed by atoms with Gasteiger partial charge >= 0.3 is 6.18 Å². The summed E-state index contributed by atoms with van der Waals surface area (Å²) in [7, 11) is 3.03. The molecule has 3 rings (SSSR count). The van der Waals surface area contributed by atoms with Gasteiger partial charge in [-0.1, -0.05) is 0 Å². The van der Waals surface area contributed by atoms with E-state index in [4.69, 9.17) is 9.47 Å². The van der Waals surface area contributed by atoms with Crippen LogP contribution in [-0.4, -0.2) is 29.7 Å². The molecule has 1 amide bonds. The fourth-order valence-electron chi connectivity index (χ4n) is 2.61. The number of aromatic nitrogens is 2. The Bertz CT molecular complexity index is 1120. The highest BCUT2D eigenvalue weighted by molar-refractivity contribution is 7.14. The Morgan fingerprint density at radius 3 is 2.63 bits per heavy atom. The minimum absolute atomic E-state index is 0.222. The average Bonchev–Trinajstić information content (AvgIpc) is 3.16. The first-order valence-corrected chi connectivity index (χ1v) is 9.34. The van der Waals surface area contributed by atoms with E-state index in [0.29, 0.717) is 39.6 Å². The van der Waals surface area contributed by atoms with E-state index in [1.165, 1.54) is 14.2 Å². The van der Waals surface area contributed by atoms with Crippen LogP contribution in [0.2, 0.25) is 0 Å². The summed E-state index contributed by atoms with van der Waals surface area (Å²) in [4.78, 5) is 28.3. The molecule has 0 aliphatic carbocycles. The SMILES string of the molecule is COc1ccc(OC)c(-c2csc(NC(=O)Cn3cc(C(F)(F)F)ccc3=O)n2)c1. The van der Waals surface area contributed by atoms with Crippen LogP contribution in [-0.2, 0) is 17.5 Å². The quantitative estimate of drug-likeness (QED) is 0.634. The Morgan fingerprint density at radius 2 is 1.97 bits per heavy atom. The molecule has 1 aromatic carbocycles. The first-order valence-electron chi connectivity index (χ1n) is 8.46. The summed E-state index contributed by atoms with van der Waals surface area (Å²) in [5.41, 5.74) is -0.583. The lowest BCUT2D eigenvalue weighted by atomic mass is 10.1. The molecule has 7 nitrogen and oxygen atoms in total. The molecule has 0 spiro atoms. The minimum Gasteiger partial charge on any atom is -0.497 e. The second kappa shape index (κ2) is 8.57. The molecule has 0 aliphatic rings. The highest BCUT2D eigenvalue weighted by Crippen LogP contribution is 2.35. The Kier molecular flexibility index (Phi) is 6.11. The predicted octanol–water partition coefficient (Wildman–Crippen LogP) is 3.65. The van der Waals surface area contributed by atoms with E-state index in [1.807, 2.05) is 0 Å². The van der Waals surface area contributed by atoms with Crippen molar-refractivity contribution in [3.63, 3.8) is 0 Å². The van der Waals surface area contributed by atoms with Gasteiger partial charge in [0.25, 0.3) is 5.56 Å². The summed E-state index contributed by atoms with van der Waals surface area (Å²) in [5, 5.41) is 4.39. The van der Waals surface area contributed by atoms with E-state index in [0.717, 1.165) is 17.4 Å². The van der Waals surface area contributed by atoms with Crippen LogP contribution in [0.5, 0.6) is 11.5 Å². The van der Waals surface area contributed by atoms with Gasteiger partial charge in [0.15, 0.2) is 5.13 Å². The van der Waals surface area contributed by atoms with Gasteiger partial charge in [-0.15, -0.1) is 11.3 Å². The maximum atomic E-state index is 12.8. The molecule has 30 heavy (non-hydrogen) atoms. The lowest BCUT2D eigenvalue weighted by Gasteiger charge is -2.10. The molecule has 3 aromatic rings. The summed E-state index contributed by atoms with van der Waals surface area (Å²) in [6.07, 6.45) is -4.01. The number of thiazole rings is 1. The van der Waals surface area contributed by atoms with Crippen LogP contribution >= 0.6 is 11.3 Å². The van der Waals surface area contributed by atoms with Gasteiger partial charge < -0.3 is 19.4 Å². The van der Waals surface area contributed by atoms with Crippen molar-refractivity contribution in [2.24, 2.45) is 0 Å². The van der Waals surface area contributed by atoms with E-state index in [1.54, 1.807) is 23.6 Å². The third-order valence-electron chi connectivity index (χ3n) is 4.06. The Balaban J connectivity index is 1.77. The van der Waals surface area contributed by atoms with Crippen molar-refractivity contribution in [1.82, 2.24) is 9.55 Å². The predicted molar refractivity (Wildman–Crippen MR) is 105 cm³/mol. The van der Waals surface area contributed by atoms with Crippen LogP contribution in [0.25, 0.3) is 11.3 Å². The summed E-state index contributed by atoms with van der Waals surface area (Å²) in [5.74, 6) is 0.456. The molecule has 0 fully saturated rings. The van der Waals surface area contributed by atoms with Gasteiger partial charge in [-0.25, -0.2) is 4.98 Å². The zero-order valence-corrected chi connectivity index (χ0v) is 16.6. The highest BCUT2D eigenvalue weighted by atomic mass is 32.1. The van der Waals surface area contributed by atoms with Gasteiger partial charge in [-0.3, -0.25) is 9.59 Å². The zero-order chi connectivity index (χ0) is 21.9. The van der Waals surface area contributed by atoms with Crippen molar-refractivity contribution in [3.05, 3.63) is 57.8 Å². The van der Waals surface area contributed by atoms with Crippen molar-refractivity contribution < 1.29 is 27.4 Å². The van der Waals surface area contributed by atoms with Crippen LogP contribution in [0.1, 0.15) is 5.56 Å². The van der Waals surface area contributed by atoms with Gasteiger partial charge in [0.2, 0.25) is 5.91 Å². The first-order chi connectivity index (χ1) is 14.2. The summed E-state index contributed by atoms with van der Waals surface area (Å²) >= 11 is 1.12. The second-order valence-electron chi connectivity index (χ2n) is 6.03. The zero-order valence-electron chi connectivity index (χ0n) is 15.8. The van der Waals surface area contributed by atoms with E-state index in [2.05, 4.69) is 10.3 Å². The number of rotatable bonds is 6. The molecule has 0 saturated carbocycles. The smallest absolute Gasteiger partial charge is 0.417 e. The average molecular weight is 439 g/mol. The van der Waals surface area contributed by atoms with Crippen molar-refractivity contribution in [1.29, 1.82) is 0 Å². The fraction of sp³-hybridized carbons (Fsp3) is 0.211. The van der Waals surface area contributed by atoms with E-state index in [-0.39, 0.29) is 5.13 Å². The molecule has 2 aromatic heterocycles. The maximum Gasteiger partial charge on any atom is 0.417 e. The number of anilines is 1. The monoisotopic (exact) mass is 439 g/mol. The molecule has 0 radical (unpaired) electrons. The number of nitrogens with one attached hydrogen (secondary N) is 1. The number of carbonyl (C=O) groups is 1. The van der Waals surface area contributed by atoms with Crippen molar-refractivity contribution in [3.8, 4) is 22.8 Å². The maximum absolute atomic E-state index is 12.8. The minimum atomic E-state index is -4.62. The number of halogens is 3. The number of alkyl halides is 3. The van der Waals surface area contributed by atoms with Crippen LogP contribution < -0.4 is 20.3 Å². The molecule has 158 valence electrons. The molecule has 0 saturated heterocycles. The van der Waals surface area contributed by atoms with Gasteiger partial charge in [-0.05, 0) is 24.3 Å². The summed E-state index contributed by atoms with van der Waals surface area (Å²) in [6, 6.07) is 6.61. The van der Waals surface area contributed by atoms with Crippen LogP contribution in [0.3, 0.4) is 0 Å². The number of pyridine rings is 1. The Labute approximate surface area is 172 Å². The lowest BCUT2D eigenvalue weighted by Crippen LogP contribution is -2.28. The summed E-state index contributed by atoms with van der Waals surface area (Å²) < 4.78 is 49.7. The summed E-state index contributed by atoms with van der Waals surface area (Å²) in [6.45, 7) is -0.583. The van der Waals surface area contributed by atoms with Crippen molar-refractivity contribution >= 4 is 22.4 Å².